The summed E-state index contributed by atoms with van der Waals surface area (Å²) < 4.78 is 1.53. The zero-order chi connectivity index (χ0) is 20.4. The van der Waals surface area contributed by atoms with Crippen molar-refractivity contribution in [1.82, 2.24) is 9.55 Å². The molecule has 0 saturated carbocycles. The summed E-state index contributed by atoms with van der Waals surface area (Å²) in [7, 11) is 0. The van der Waals surface area contributed by atoms with E-state index in [1.54, 1.807) is 48.6 Å². The molecule has 0 saturated heterocycles. The quantitative estimate of drug-likeness (QED) is 0.375. The molecule has 1 heterocycles. The largest absolute Gasteiger partial charge is 0.276 e. The number of aromatic nitrogens is 2. The van der Waals surface area contributed by atoms with Crippen molar-refractivity contribution in [3.63, 3.8) is 0 Å². The zero-order valence-electron chi connectivity index (χ0n) is 15.6. The van der Waals surface area contributed by atoms with Crippen LogP contribution in [0.15, 0.2) is 77.6 Å². The number of nitrogens with zero attached hydrogens (tertiary/aromatic N) is 3. The predicted octanol–water partition coefficient (Wildman–Crippen LogP) is 4.77. The number of benzene rings is 3. The number of rotatable bonds is 4. The topological polar surface area (TPSA) is 78.0 Å². The number of fused-ring (bicyclic) bond motifs is 1. The van der Waals surface area contributed by atoms with Crippen LogP contribution < -0.4 is 5.56 Å². The van der Waals surface area contributed by atoms with Crippen LogP contribution in [0.25, 0.3) is 28.7 Å². The second kappa shape index (κ2) is 7.52. The molecule has 0 amide bonds. The van der Waals surface area contributed by atoms with Crippen molar-refractivity contribution >= 4 is 28.7 Å². The van der Waals surface area contributed by atoms with Crippen molar-refractivity contribution in [2.75, 3.05) is 0 Å². The highest BCUT2D eigenvalue weighted by atomic mass is 16.6. The summed E-state index contributed by atoms with van der Waals surface area (Å²) in [6.07, 6.45) is 3.25. The monoisotopic (exact) mass is 383 g/mol. The third-order valence-electron chi connectivity index (χ3n) is 4.61. The number of nitro groups is 1. The minimum absolute atomic E-state index is 0.00556. The van der Waals surface area contributed by atoms with Gasteiger partial charge in [-0.2, -0.15) is 0 Å². The zero-order valence-corrected chi connectivity index (χ0v) is 15.6. The first kappa shape index (κ1) is 18.3. The van der Waals surface area contributed by atoms with E-state index in [0.29, 0.717) is 28.0 Å². The van der Waals surface area contributed by atoms with Crippen molar-refractivity contribution < 1.29 is 4.92 Å². The maximum absolute atomic E-state index is 13.2. The molecule has 0 unspecified atom stereocenters. The van der Waals surface area contributed by atoms with Crippen LogP contribution in [0, 0.1) is 17.0 Å². The first-order valence-corrected chi connectivity index (χ1v) is 9.05. The number of aryl methyl sites for hydroxylation is 1. The lowest BCUT2D eigenvalue weighted by Crippen LogP contribution is -2.22. The average molecular weight is 383 g/mol. The van der Waals surface area contributed by atoms with Gasteiger partial charge in [0.05, 0.1) is 27.1 Å². The Kier molecular flexibility index (Phi) is 4.75. The maximum Gasteiger partial charge on any atom is 0.276 e. The van der Waals surface area contributed by atoms with E-state index in [1.165, 1.54) is 10.6 Å². The van der Waals surface area contributed by atoms with Gasteiger partial charge >= 0.3 is 0 Å². The highest BCUT2D eigenvalue weighted by molar-refractivity contribution is 5.80. The fourth-order valence-corrected chi connectivity index (χ4v) is 3.24. The summed E-state index contributed by atoms with van der Waals surface area (Å²) in [5.41, 5.74) is 2.52. The van der Waals surface area contributed by atoms with Crippen LogP contribution >= 0.6 is 0 Å². The van der Waals surface area contributed by atoms with Gasteiger partial charge in [0.1, 0.15) is 5.82 Å². The van der Waals surface area contributed by atoms with Crippen molar-refractivity contribution in [3.8, 4) is 5.69 Å². The lowest BCUT2D eigenvalue weighted by molar-refractivity contribution is -0.385. The lowest BCUT2D eigenvalue weighted by atomic mass is 10.1. The molecule has 0 aliphatic carbocycles. The van der Waals surface area contributed by atoms with Gasteiger partial charge in [0.15, 0.2) is 0 Å². The van der Waals surface area contributed by atoms with E-state index in [2.05, 4.69) is 4.98 Å². The van der Waals surface area contributed by atoms with E-state index in [1.807, 2.05) is 37.3 Å². The molecule has 0 fully saturated rings. The third kappa shape index (κ3) is 3.55. The van der Waals surface area contributed by atoms with E-state index in [-0.39, 0.29) is 11.2 Å². The molecule has 0 spiro atoms. The summed E-state index contributed by atoms with van der Waals surface area (Å²) in [5, 5.41) is 11.8. The minimum Gasteiger partial charge on any atom is -0.268 e. The van der Waals surface area contributed by atoms with E-state index in [0.717, 1.165) is 5.56 Å². The summed E-state index contributed by atoms with van der Waals surface area (Å²) in [6, 6.07) is 21.2. The van der Waals surface area contributed by atoms with Gasteiger partial charge in [-0.05, 0) is 55.0 Å². The Hall–Kier alpha value is -4.06. The standard InChI is InChI=1S/C23H17N3O3/c1-16-7-6-9-18(15-16)25-22(24-20-11-4-3-10-19(20)23(25)27)14-13-17-8-2-5-12-21(17)26(28)29/h2-15H,1H3/b14-13-. The molecule has 4 aromatic rings. The molecule has 6 nitrogen and oxygen atoms in total. The highest BCUT2D eigenvalue weighted by Crippen LogP contribution is 2.21. The fraction of sp³-hybridized carbons (Fsp3) is 0.0435. The minimum atomic E-state index is -0.429. The maximum atomic E-state index is 13.2. The molecule has 0 aliphatic heterocycles. The Morgan fingerprint density at radius 2 is 1.72 bits per heavy atom. The smallest absolute Gasteiger partial charge is 0.268 e. The van der Waals surface area contributed by atoms with Gasteiger partial charge in [-0.25, -0.2) is 4.98 Å². The van der Waals surface area contributed by atoms with Crippen LogP contribution in [0.4, 0.5) is 5.69 Å². The van der Waals surface area contributed by atoms with Crippen molar-refractivity contribution in [3.05, 3.63) is 110 Å². The average Bonchev–Trinajstić information content (AvgIpc) is 2.72. The Balaban J connectivity index is 1.95. The van der Waals surface area contributed by atoms with Crippen LogP contribution in [0.5, 0.6) is 0 Å². The van der Waals surface area contributed by atoms with Crippen LogP contribution in [0.2, 0.25) is 0 Å². The van der Waals surface area contributed by atoms with Gasteiger partial charge in [-0.1, -0.05) is 36.4 Å². The molecule has 29 heavy (non-hydrogen) atoms. The summed E-state index contributed by atoms with van der Waals surface area (Å²) in [4.78, 5) is 28.7. The second-order valence-electron chi connectivity index (χ2n) is 6.62. The van der Waals surface area contributed by atoms with Crippen molar-refractivity contribution in [2.24, 2.45) is 0 Å². The van der Waals surface area contributed by atoms with E-state index in [9.17, 15) is 14.9 Å². The molecule has 0 radical (unpaired) electrons. The number of nitro benzene ring substituents is 1. The first-order valence-electron chi connectivity index (χ1n) is 9.05. The lowest BCUT2D eigenvalue weighted by Gasteiger charge is -2.12. The van der Waals surface area contributed by atoms with E-state index in [4.69, 9.17) is 0 Å². The van der Waals surface area contributed by atoms with Gasteiger partial charge in [0.2, 0.25) is 0 Å². The Labute approximate surface area is 166 Å². The van der Waals surface area contributed by atoms with Gasteiger partial charge in [0, 0.05) is 6.07 Å². The summed E-state index contributed by atoms with van der Waals surface area (Å²) >= 11 is 0. The Morgan fingerprint density at radius 3 is 2.52 bits per heavy atom. The molecule has 4 rings (SSSR count). The molecular formula is C23H17N3O3. The first-order chi connectivity index (χ1) is 14.0. The summed E-state index contributed by atoms with van der Waals surface area (Å²) in [6.45, 7) is 1.95. The number of hydrogen-bond donors (Lipinski definition) is 0. The van der Waals surface area contributed by atoms with E-state index >= 15 is 0 Å². The van der Waals surface area contributed by atoms with Crippen molar-refractivity contribution in [1.29, 1.82) is 0 Å². The van der Waals surface area contributed by atoms with Crippen LogP contribution in [0.1, 0.15) is 17.0 Å². The molecule has 6 heteroatoms. The molecule has 0 aliphatic rings. The normalized spacial score (nSPS) is 11.2. The van der Waals surface area contributed by atoms with Gasteiger partial charge in [0.25, 0.3) is 11.2 Å². The molecule has 0 N–H and O–H groups in total. The molecule has 3 aromatic carbocycles. The SMILES string of the molecule is Cc1cccc(-n2c(/C=C\c3ccccc3[N+](=O)[O-])nc3ccccc3c2=O)c1. The van der Waals surface area contributed by atoms with Crippen LogP contribution in [0.3, 0.4) is 0 Å². The Bertz CT molecular complexity index is 1320. The predicted molar refractivity (Wildman–Crippen MR) is 114 cm³/mol. The van der Waals surface area contributed by atoms with Crippen molar-refractivity contribution in [2.45, 2.75) is 6.92 Å². The molecule has 0 bridgehead atoms. The molecule has 0 atom stereocenters. The van der Waals surface area contributed by atoms with Crippen LogP contribution in [-0.4, -0.2) is 14.5 Å². The van der Waals surface area contributed by atoms with Gasteiger partial charge in [-0.15, -0.1) is 0 Å². The van der Waals surface area contributed by atoms with E-state index < -0.39 is 4.92 Å². The third-order valence-corrected chi connectivity index (χ3v) is 4.61. The number of hydrogen-bond acceptors (Lipinski definition) is 4. The van der Waals surface area contributed by atoms with Gasteiger partial charge in [-0.3, -0.25) is 19.5 Å². The van der Waals surface area contributed by atoms with Crippen LogP contribution in [-0.2, 0) is 0 Å². The fourth-order valence-electron chi connectivity index (χ4n) is 3.24. The highest BCUT2D eigenvalue weighted by Gasteiger charge is 2.13. The molecule has 1 aromatic heterocycles. The Morgan fingerprint density at radius 1 is 0.966 bits per heavy atom. The number of para-hydroxylation sites is 2. The second-order valence-corrected chi connectivity index (χ2v) is 6.62. The summed E-state index contributed by atoms with van der Waals surface area (Å²) in [5.74, 6) is 0.400. The molecular weight excluding hydrogens is 366 g/mol. The van der Waals surface area contributed by atoms with Gasteiger partial charge < -0.3 is 0 Å². The molecule has 142 valence electrons.